The average molecular weight is 298 g/mol. The van der Waals surface area contributed by atoms with Gasteiger partial charge in [0, 0.05) is 16.1 Å². The fourth-order valence-corrected chi connectivity index (χ4v) is 1.95. The summed E-state index contributed by atoms with van der Waals surface area (Å²) in [5.41, 5.74) is 0.718. The Hall–Kier alpha value is -0.830. The van der Waals surface area contributed by atoms with Gasteiger partial charge in [-0.15, -0.1) is 0 Å². The van der Waals surface area contributed by atoms with Crippen LogP contribution in [0.2, 0.25) is 0 Å². The van der Waals surface area contributed by atoms with Crippen LogP contribution < -0.4 is 5.32 Å². The Labute approximate surface area is 112 Å². The molecule has 1 atom stereocenters. The molecule has 0 unspecified atom stereocenters. The number of halogens is 1. The Morgan fingerprint density at radius 3 is 2.53 bits per heavy atom. The van der Waals surface area contributed by atoms with Gasteiger partial charge in [-0.1, -0.05) is 42.1 Å². The summed E-state index contributed by atoms with van der Waals surface area (Å²) < 4.78 is 0.991. The highest BCUT2D eigenvalue weighted by Gasteiger charge is 2.08. The van der Waals surface area contributed by atoms with Crippen molar-refractivity contribution in [3.63, 3.8) is 0 Å². The lowest BCUT2D eigenvalue weighted by Crippen LogP contribution is -2.32. The van der Waals surface area contributed by atoms with E-state index in [-0.39, 0.29) is 11.9 Å². The number of rotatable bonds is 6. The maximum Gasteiger partial charge on any atom is 0.251 e. The van der Waals surface area contributed by atoms with Gasteiger partial charge in [-0.2, -0.15) is 0 Å². The van der Waals surface area contributed by atoms with Crippen LogP contribution >= 0.6 is 15.9 Å². The molecule has 0 saturated heterocycles. The molecule has 3 heteroatoms. The molecular formula is C14H20BrNO. The van der Waals surface area contributed by atoms with E-state index in [1.807, 2.05) is 24.3 Å². The first-order valence-corrected chi connectivity index (χ1v) is 6.99. The highest BCUT2D eigenvalue weighted by atomic mass is 79.9. The zero-order valence-corrected chi connectivity index (χ0v) is 12.1. The SMILES string of the molecule is CCCCC[C@H](C)NC(=O)c1ccc(Br)cc1. The molecule has 94 valence electrons. The van der Waals surface area contributed by atoms with Crippen LogP contribution in [0.1, 0.15) is 49.9 Å². The molecule has 1 aromatic rings. The lowest BCUT2D eigenvalue weighted by molar-refractivity contribution is 0.0938. The summed E-state index contributed by atoms with van der Waals surface area (Å²) in [6, 6.07) is 7.68. The van der Waals surface area contributed by atoms with Crippen LogP contribution in [0.5, 0.6) is 0 Å². The average Bonchev–Trinajstić information content (AvgIpc) is 2.30. The van der Waals surface area contributed by atoms with E-state index in [4.69, 9.17) is 0 Å². The topological polar surface area (TPSA) is 29.1 Å². The first kappa shape index (κ1) is 14.2. The predicted molar refractivity (Wildman–Crippen MR) is 75.2 cm³/mol. The maximum absolute atomic E-state index is 11.9. The summed E-state index contributed by atoms with van der Waals surface area (Å²) in [4.78, 5) is 11.9. The van der Waals surface area contributed by atoms with Gasteiger partial charge in [0.1, 0.15) is 0 Å². The van der Waals surface area contributed by atoms with Crippen LogP contribution in [0.25, 0.3) is 0 Å². The molecule has 0 aliphatic rings. The molecule has 0 aliphatic heterocycles. The number of unbranched alkanes of at least 4 members (excludes halogenated alkanes) is 2. The summed E-state index contributed by atoms with van der Waals surface area (Å²) >= 11 is 3.36. The highest BCUT2D eigenvalue weighted by Crippen LogP contribution is 2.11. The quantitative estimate of drug-likeness (QED) is 0.785. The fraction of sp³-hybridized carbons (Fsp3) is 0.500. The van der Waals surface area contributed by atoms with Gasteiger partial charge < -0.3 is 5.32 Å². The Kier molecular flexibility index (Phi) is 6.27. The molecule has 1 aromatic carbocycles. The zero-order chi connectivity index (χ0) is 12.7. The van der Waals surface area contributed by atoms with Crippen molar-refractivity contribution < 1.29 is 4.79 Å². The molecule has 17 heavy (non-hydrogen) atoms. The monoisotopic (exact) mass is 297 g/mol. The molecule has 0 spiro atoms. The summed E-state index contributed by atoms with van der Waals surface area (Å²) in [7, 11) is 0. The molecule has 0 aromatic heterocycles. The Morgan fingerprint density at radius 2 is 1.94 bits per heavy atom. The van der Waals surface area contributed by atoms with Gasteiger partial charge in [-0.05, 0) is 37.6 Å². The normalized spacial score (nSPS) is 12.2. The van der Waals surface area contributed by atoms with Crippen LogP contribution in [-0.2, 0) is 0 Å². The number of hydrogen-bond acceptors (Lipinski definition) is 1. The number of carbonyl (C=O) groups is 1. The molecule has 1 amide bonds. The van der Waals surface area contributed by atoms with Gasteiger partial charge in [-0.25, -0.2) is 0 Å². The lowest BCUT2D eigenvalue weighted by Gasteiger charge is -2.13. The van der Waals surface area contributed by atoms with E-state index in [9.17, 15) is 4.79 Å². The standard InChI is InChI=1S/C14H20BrNO/c1-3-4-5-6-11(2)16-14(17)12-7-9-13(15)10-8-12/h7-11H,3-6H2,1-2H3,(H,16,17)/t11-/m0/s1. The minimum absolute atomic E-state index is 0.0153. The van der Waals surface area contributed by atoms with Gasteiger partial charge in [0.15, 0.2) is 0 Å². The Morgan fingerprint density at radius 1 is 1.29 bits per heavy atom. The first-order valence-electron chi connectivity index (χ1n) is 6.20. The van der Waals surface area contributed by atoms with Gasteiger partial charge in [0.05, 0.1) is 0 Å². The van der Waals surface area contributed by atoms with E-state index in [1.54, 1.807) is 0 Å². The fourth-order valence-electron chi connectivity index (χ4n) is 1.68. The summed E-state index contributed by atoms with van der Waals surface area (Å²) in [5.74, 6) is 0.0153. The van der Waals surface area contributed by atoms with Crippen LogP contribution in [-0.4, -0.2) is 11.9 Å². The first-order chi connectivity index (χ1) is 8.13. The van der Waals surface area contributed by atoms with Crippen molar-refractivity contribution in [1.29, 1.82) is 0 Å². The molecule has 1 N–H and O–H groups in total. The van der Waals surface area contributed by atoms with Crippen molar-refractivity contribution in [2.75, 3.05) is 0 Å². The molecule has 2 nitrogen and oxygen atoms in total. The minimum Gasteiger partial charge on any atom is -0.350 e. The van der Waals surface area contributed by atoms with Crippen LogP contribution in [0.4, 0.5) is 0 Å². The second-order valence-electron chi connectivity index (χ2n) is 4.38. The smallest absolute Gasteiger partial charge is 0.251 e. The summed E-state index contributed by atoms with van der Waals surface area (Å²) in [6.45, 7) is 4.25. The van der Waals surface area contributed by atoms with E-state index in [1.165, 1.54) is 19.3 Å². The predicted octanol–water partition coefficient (Wildman–Crippen LogP) is 4.15. The molecule has 0 heterocycles. The molecule has 0 bridgehead atoms. The minimum atomic E-state index is 0.0153. The number of nitrogens with one attached hydrogen (secondary N) is 1. The van der Waals surface area contributed by atoms with Gasteiger partial charge in [-0.3, -0.25) is 4.79 Å². The van der Waals surface area contributed by atoms with Crippen LogP contribution in [0.15, 0.2) is 28.7 Å². The van der Waals surface area contributed by atoms with Crippen molar-refractivity contribution in [3.05, 3.63) is 34.3 Å². The van der Waals surface area contributed by atoms with Crippen LogP contribution in [0, 0.1) is 0 Å². The van der Waals surface area contributed by atoms with Crippen molar-refractivity contribution in [3.8, 4) is 0 Å². The lowest BCUT2D eigenvalue weighted by atomic mass is 10.1. The molecule has 0 fully saturated rings. The van der Waals surface area contributed by atoms with E-state index in [2.05, 4.69) is 35.1 Å². The third kappa shape index (κ3) is 5.35. The third-order valence-electron chi connectivity index (χ3n) is 2.72. The molecule has 1 rings (SSSR count). The van der Waals surface area contributed by atoms with E-state index in [0.717, 1.165) is 16.5 Å². The second kappa shape index (κ2) is 7.49. The van der Waals surface area contributed by atoms with Gasteiger partial charge in [0.25, 0.3) is 5.91 Å². The summed E-state index contributed by atoms with van der Waals surface area (Å²) in [5, 5.41) is 3.02. The second-order valence-corrected chi connectivity index (χ2v) is 5.29. The van der Waals surface area contributed by atoms with Gasteiger partial charge in [0.2, 0.25) is 0 Å². The van der Waals surface area contributed by atoms with Crippen molar-refractivity contribution in [2.45, 2.75) is 45.6 Å². The van der Waals surface area contributed by atoms with Crippen molar-refractivity contribution in [1.82, 2.24) is 5.32 Å². The molecular weight excluding hydrogens is 278 g/mol. The largest absolute Gasteiger partial charge is 0.350 e. The van der Waals surface area contributed by atoms with E-state index >= 15 is 0 Å². The molecule has 0 aliphatic carbocycles. The number of hydrogen-bond donors (Lipinski definition) is 1. The molecule has 0 radical (unpaired) electrons. The summed E-state index contributed by atoms with van der Waals surface area (Å²) in [6.07, 6.45) is 4.68. The Bertz CT molecular complexity index is 348. The third-order valence-corrected chi connectivity index (χ3v) is 3.25. The number of carbonyl (C=O) groups excluding carboxylic acids is 1. The maximum atomic E-state index is 11.9. The highest BCUT2D eigenvalue weighted by molar-refractivity contribution is 9.10. The van der Waals surface area contributed by atoms with Crippen molar-refractivity contribution >= 4 is 21.8 Å². The number of amides is 1. The van der Waals surface area contributed by atoms with Crippen molar-refractivity contribution in [2.24, 2.45) is 0 Å². The molecule has 0 saturated carbocycles. The zero-order valence-electron chi connectivity index (χ0n) is 10.5. The van der Waals surface area contributed by atoms with Crippen LogP contribution in [0.3, 0.4) is 0 Å². The van der Waals surface area contributed by atoms with E-state index < -0.39 is 0 Å². The number of benzene rings is 1. The van der Waals surface area contributed by atoms with Gasteiger partial charge >= 0.3 is 0 Å². The Balaban J connectivity index is 2.40. The van der Waals surface area contributed by atoms with E-state index in [0.29, 0.717) is 0 Å².